The molecule has 1 aromatic carbocycles. The van der Waals surface area contributed by atoms with Gasteiger partial charge in [0.2, 0.25) is 0 Å². The fourth-order valence-corrected chi connectivity index (χ4v) is 1.63. The maximum absolute atomic E-state index is 12.1. The minimum absolute atomic E-state index is 0.204. The Bertz CT molecular complexity index is 548. The molecule has 0 radical (unpaired) electrons. The van der Waals surface area contributed by atoms with Gasteiger partial charge in [-0.3, -0.25) is 9.36 Å². The van der Waals surface area contributed by atoms with Gasteiger partial charge in [-0.2, -0.15) is 0 Å². The summed E-state index contributed by atoms with van der Waals surface area (Å²) in [5.74, 6) is 0.420. The van der Waals surface area contributed by atoms with E-state index in [0.717, 1.165) is 0 Å². The van der Waals surface area contributed by atoms with Crippen LogP contribution in [0.1, 0.15) is 16.2 Å². The van der Waals surface area contributed by atoms with Gasteiger partial charge in [0, 0.05) is 23.1 Å². The Hall–Kier alpha value is -1.81. The maximum Gasteiger partial charge on any atom is 0.265 e. The minimum atomic E-state index is -0.204. The van der Waals surface area contributed by atoms with Crippen molar-refractivity contribution >= 4 is 23.2 Å². The van der Waals surface area contributed by atoms with Gasteiger partial charge in [0.25, 0.3) is 5.91 Å². The highest BCUT2D eigenvalue weighted by atomic mass is 35.5. The number of aromatic nitrogens is 2. The van der Waals surface area contributed by atoms with E-state index < -0.39 is 0 Å². The molecule has 2 rings (SSSR count). The second kappa shape index (κ2) is 3.98. The molecular formula is C11H10ClN3O. The van der Waals surface area contributed by atoms with E-state index >= 15 is 0 Å². The lowest BCUT2D eigenvalue weighted by Gasteiger charge is -2.06. The van der Waals surface area contributed by atoms with Crippen molar-refractivity contribution in [3.05, 3.63) is 47.0 Å². The van der Waals surface area contributed by atoms with E-state index in [2.05, 4.69) is 4.98 Å². The van der Waals surface area contributed by atoms with Gasteiger partial charge in [0.05, 0.1) is 5.56 Å². The first-order valence-electron chi connectivity index (χ1n) is 4.69. The van der Waals surface area contributed by atoms with Gasteiger partial charge in [-0.1, -0.05) is 11.6 Å². The van der Waals surface area contributed by atoms with Crippen molar-refractivity contribution in [2.24, 2.45) is 0 Å². The van der Waals surface area contributed by atoms with Crippen LogP contribution in [0.3, 0.4) is 0 Å². The maximum atomic E-state index is 12.1. The van der Waals surface area contributed by atoms with Crippen LogP contribution in [0.5, 0.6) is 0 Å². The molecule has 0 fully saturated rings. The Labute approximate surface area is 97.7 Å². The molecule has 16 heavy (non-hydrogen) atoms. The summed E-state index contributed by atoms with van der Waals surface area (Å²) in [5, 5.41) is 0.511. The third-order valence-corrected chi connectivity index (χ3v) is 2.52. The summed E-state index contributed by atoms with van der Waals surface area (Å²) in [6.07, 6.45) is 3.17. The van der Waals surface area contributed by atoms with Crippen LogP contribution in [-0.4, -0.2) is 15.5 Å². The van der Waals surface area contributed by atoms with Crippen molar-refractivity contribution in [2.75, 3.05) is 5.73 Å². The predicted molar refractivity (Wildman–Crippen MR) is 62.6 cm³/mol. The average Bonchev–Trinajstić information content (AvgIpc) is 2.63. The van der Waals surface area contributed by atoms with Crippen LogP contribution in [0.15, 0.2) is 30.6 Å². The molecule has 2 aromatic rings. The minimum Gasteiger partial charge on any atom is -0.398 e. The van der Waals surface area contributed by atoms with Gasteiger partial charge in [-0.15, -0.1) is 0 Å². The number of hydrogen-bond donors (Lipinski definition) is 1. The quantitative estimate of drug-likeness (QED) is 0.771. The topological polar surface area (TPSA) is 60.9 Å². The number of nitrogen functional groups attached to an aromatic ring is 1. The molecule has 0 spiro atoms. The molecule has 0 saturated heterocycles. The molecule has 0 unspecified atom stereocenters. The summed E-state index contributed by atoms with van der Waals surface area (Å²) in [4.78, 5) is 16.0. The largest absolute Gasteiger partial charge is 0.398 e. The van der Waals surface area contributed by atoms with Gasteiger partial charge in [-0.05, 0) is 25.1 Å². The molecule has 1 aromatic heterocycles. The Morgan fingerprint density at radius 2 is 2.25 bits per heavy atom. The molecule has 4 nitrogen and oxygen atoms in total. The number of nitrogens with zero attached hydrogens (tertiary/aromatic N) is 2. The summed E-state index contributed by atoms with van der Waals surface area (Å²) < 4.78 is 1.44. The van der Waals surface area contributed by atoms with E-state index in [9.17, 15) is 4.79 Å². The van der Waals surface area contributed by atoms with Gasteiger partial charge in [0.1, 0.15) is 5.82 Å². The molecule has 82 valence electrons. The van der Waals surface area contributed by atoms with Crippen LogP contribution in [0.2, 0.25) is 5.02 Å². The standard InChI is InChI=1S/C11H10ClN3O/c1-7-14-4-5-15(7)11(16)9-3-2-8(12)6-10(9)13/h2-6H,13H2,1H3. The number of halogens is 1. The van der Waals surface area contributed by atoms with Crippen molar-refractivity contribution in [3.8, 4) is 0 Å². The normalized spacial score (nSPS) is 10.4. The van der Waals surface area contributed by atoms with Crippen molar-refractivity contribution in [2.45, 2.75) is 6.92 Å². The van der Waals surface area contributed by atoms with Gasteiger partial charge < -0.3 is 5.73 Å². The lowest BCUT2D eigenvalue weighted by atomic mass is 10.1. The molecule has 0 aliphatic rings. The van der Waals surface area contributed by atoms with Gasteiger partial charge >= 0.3 is 0 Å². The lowest BCUT2D eigenvalue weighted by Crippen LogP contribution is -2.14. The number of nitrogens with two attached hydrogens (primary N) is 1. The molecule has 0 aliphatic carbocycles. The van der Waals surface area contributed by atoms with Crippen LogP contribution in [0, 0.1) is 6.92 Å². The number of carbonyl (C=O) groups is 1. The summed E-state index contributed by atoms with van der Waals surface area (Å²) in [7, 11) is 0. The van der Waals surface area contributed by atoms with E-state index in [4.69, 9.17) is 17.3 Å². The average molecular weight is 236 g/mol. The van der Waals surface area contributed by atoms with Crippen molar-refractivity contribution < 1.29 is 4.79 Å². The highest BCUT2D eigenvalue weighted by molar-refractivity contribution is 6.31. The van der Waals surface area contributed by atoms with Gasteiger partial charge in [-0.25, -0.2) is 4.98 Å². The Balaban J connectivity index is 2.46. The first-order chi connectivity index (χ1) is 7.59. The third kappa shape index (κ3) is 1.79. The summed E-state index contributed by atoms with van der Waals surface area (Å²) in [6, 6.07) is 4.80. The third-order valence-electron chi connectivity index (χ3n) is 2.29. The van der Waals surface area contributed by atoms with Crippen molar-refractivity contribution in [1.29, 1.82) is 0 Å². The summed E-state index contributed by atoms with van der Waals surface area (Å²) in [5.41, 5.74) is 6.53. The Kier molecular flexibility index (Phi) is 2.66. The zero-order valence-corrected chi connectivity index (χ0v) is 9.40. The second-order valence-corrected chi connectivity index (χ2v) is 3.82. The zero-order chi connectivity index (χ0) is 11.7. The van der Waals surface area contributed by atoms with E-state index in [0.29, 0.717) is 22.1 Å². The summed E-state index contributed by atoms with van der Waals surface area (Å²) >= 11 is 5.77. The van der Waals surface area contributed by atoms with E-state index in [1.54, 1.807) is 37.5 Å². The molecule has 5 heteroatoms. The van der Waals surface area contributed by atoms with E-state index in [1.165, 1.54) is 4.57 Å². The summed E-state index contributed by atoms with van der Waals surface area (Å²) in [6.45, 7) is 1.75. The number of rotatable bonds is 1. The second-order valence-electron chi connectivity index (χ2n) is 3.38. The number of aryl methyl sites for hydroxylation is 1. The van der Waals surface area contributed by atoms with E-state index in [1.807, 2.05) is 0 Å². The van der Waals surface area contributed by atoms with Crippen LogP contribution in [0.4, 0.5) is 5.69 Å². The first-order valence-corrected chi connectivity index (χ1v) is 5.07. The molecule has 0 aliphatic heterocycles. The number of carbonyl (C=O) groups excluding carboxylic acids is 1. The molecule has 1 heterocycles. The lowest BCUT2D eigenvalue weighted by molar-refractivity contribution is 0.0958. The number of anilines is 1. The molecule has 2 N–H and O–H groups in total. The van der Waals surface area contributed by atoms with Crippen molar-refractivity contribution in [1.82, 2.24) is 9.55 Å². The predicted octanol–water partition coefficient (Wildman–Crippen LogP) is 2.12. The van der Waals surface area contributed by atoms with Crippen LogP contribution in [-0.2, 0) is 0 Å². The van der Waals surface area contributed by atoms with Gasteiger partial charge in [0.15, 0.2) is 0 Å². The van der Waals surface area contributed by atoms with Crippen LogP contribution in [0.25, 0.3) is 0 Å². The van der Waals surface area contributed by atoms with Crippen molar-refractivity contribution in [3.63, 3.8) is 0 Å². The molecule has 0 saturated carbocycles. The highest BCUT2D eigenvalue weighted by Crippen LogP contribution is 2.19. The van der Waals surface area contributed by atoms with Crippen LogP contribution < -0.4 is 5.73 Å². The molecule has 0 bridgehead atoms. The number of benzene rings is 1. The smallest absolute Gasteiger partial charge is 0.265 e. The fourth-order valence-electron chi connectivity index (χ4n) is 1.45. The first kappa shape index (κ1) is 10.7. The Morgan fingerprint density at radius 3 is 2.81 bits per heavy atom. The van der Waals surface area contributed by atoms with E-state index in [-0.39, 0.29) is 5.91 Å². The molecule has 0 amide bonds. The fraction of sp³-hybridized carbons (Fsp3) is 0.0909. The Morgan fingerprint density at radius 1 is 1.50 bits per heavy atom. The number of imidazole rings is 1. The monoisotopic (exact) mass is 235 g/mol. The molecular weight excluding hydrogens is 226 g/mol. The van der Waals surface area contributed by atoms with Crippen LogP contribution >= 0.6 is 11.6 Å². The number of hydrogen-bond acceptors (Lipinski definition) is 3. The SMILES string of the molecule is Cc1nccn1C(=O)c1ccc(Cl)cc1N. The highest BCUT2D eigenvalue weighted by Gasteiger charge is 2.13. The molecule has 0 atom stereocenters. The zero-order valence-electron chi connectivity index (χ0n) is 8.64.